The van der Waals surface area contributed by atoms with Crippen LogP contribution in [0.2, 0.25) is 0 Å². The van der Waals surface area contributed by atoms with Crippen LogP contribution in [0.4, 0.5) is 5.69 Å². The number of anilines is 1. The van der Waals surface area contributed by atoms with Gasteiger partial charge in [-0.3, -0.25) is 4.31 Å². The smallest absolute Gasteiger partial charge is 0.262 e. The van der Waals surface area contributed by atoms with Crippen LogP contribution in [0.3, 0.4) is 0 Å². The van der Waals surface area contributed by atoms with Crippen LogP contribution < -0.4 is 4.31 Å². The van der Waals surface area contributed by atoms with E-state index in [9.17, 15) is 8.42 Å². The number of rotatable bonds is 1. The lowest BCUT2D eigenvalue weighted by Gasteiger charge is -2.16. The van der Waals surface area contributed by atoms with Gasteiger partial charge in [0.15, 0.2) is 0 Å². The third kappa shape index (κ3) is 1.52. The monoisotopic (exact) mass is 244 g/mol. The molecule has 2 aromatic carbocycles. The van der Waals surface area contributed by atoms with Gasteiger partial charge < -0.3 is 0 Å². The molecule has 0 saturated carbocycles. The largest absolute Gasteiger partial charge is 0.264 e. The number of hydrogen-bond donors (Lipinski definition) is 0. The van der Waals surface area contributed by atoms with E-state index < -0.39 is 10.0 Å². The molecule has 0 saturated heterocycles. The highest BCUT2D eigenvalue weighted by molar-refractivity contribution is 7.93. The molecule has 1 heterocycles. The van der Waals surface area contributed by atoms with Crippen molar-refractivity contribution in [2.75, 3.05) is 4.31 Å². The first-order valence-electron chi connectivity index (χ1n) is 5.26. The Kier molecular flexibility index (Phi) is 2.19. The molecule has 0 aromatic heterocycles. The molecule has 0 unspecified atom stereocenters. The third-order valence-electron chi connectivity index (χ3n) is 2.84. The maximum atomic E-state index is 12.3. The highest BCUT2D eigenvalue weighted by atomic mass is 32.2. The van der Waals surface area contributed by atoms with Crippen LogP contribution in [0.15, 0.2) is 53.4 Å². The molecule has 2 aromatic rings. The molecule has 0 amide bonds. The van der Waals surface area contributed by atoms with Crippen molar-refractivity contribution in [3.05, 3.63) is 60.2 Å². The highest BCUT2D eigenvalue weighted by Crippen LogP contribution is 2.33. The van der Waals surface area contributed by atoms with Crippen molar-refractivity contribution in [1.29, 1.82) is 0 Å². The average Bonchev–Trinajstić information content (AvgIpc) is 2.63. The van der Waals surface area contributed by atoms with E-state index in [1.165, 1.54) is 4.31 Å². The van der Waals surface area contributed by atoms with Gasteiger partial charge in [-0.2, -0.15) is 0 Å². The van der Waals surface area contributed by atoms with Crippen molar-refractivity contribution in [2.45, 2.75) is 11.4 Å². The van der Waals surface area contributed by atoms with Crippen molar-refractivity contribution in [2.24, 2.45) is 0 Å². The van der Waals surface area contributed by atoms with Crippen LogP contribution in [-0.4, -0.2) is 8.42 Å². The van der Waals surface area contributed by atoms with E-state index in [0.717, 1.165) is 5.56 Å². The van der Waals surface area contributed by atoms with Crippen LogP contribution in [0.5, 0.6) is 0 Å². The van der Waals surface area contributed by atoms with Crippen molar-refractivity contribution < 1.29 is 8.42 Å². The van der Waals surface area contributed by atoms with Crippen molar-refractivity contribution in [3.8, 4) is 0 Å². The van der Waals surface area contributed by atoms with E-state index in [1.807, 2.05) is 12.1 Å². The summed E-state index contributed by atoms with van der Waals surface area (Å²) in [6.07, 6.45) is 0. The Morgan fingerprint density at radius 3 is 2.47 bits per heavy atom. The Bertz CT molecular complexity index is 650. The van der Waals surface area contributed by atoms with E-state index in [2.05, 4.69) is 6.07 Å². The van der Waals surface area contributed by atoms with Gasteiger partial charge in [-0.05, 0) is 29.8 Å². The van der Waals surface area contributed by atoms with E-state index in [1.54, 1.807) is 36.4 Å². The SMILES string of the molecule is O=S1(=O)c2ccccc2CN1c1cc[c]cc1. The number of fused-ring (bicyclic) bond motifs is 1. The second-order valence-electron chi connectivity index (χ2n) is 3.88. The van der Waals surface area contributed by atoms with Gasteiger partial charge in [-0.15, -0.1) is 0 Å². The fourth-order valence-corrected chi connectivity index (χ4v) is 3.68. The molecule has 1 radical (unpaired) electrons. The van der Waals surface area contributed by atoms with Crippen molar-refractivity contribution >= 4 is 15.7 Å². The number of benzene rings is 2. The fraction of sp³-hybridized carbons (Fsp3) is 0.0769. The van der Waals surface area contributed by atoms with Gasteiger partial charge >= 0.3 is 0 Å². The molecule has 1 aliphatic rings. The summed E-state index contributed by atoms with van der Waals surface area (Å²) < 4.78 is 26.0. The summed E-state index contributed by atoms with van der Waals surface area (Å²) in [6.45, 7) is 0.405. The minimum absolute atomic E-state index is 0.405. The van der Waals surface area contributed by atoms with Crippen molar-refractivity contribution in [3.63, 3.8) is 0 Å². The molecular formula is C13H10NO2S. The van der Waals surface area contributed by atoms with Gasteiger partial charge in [0, 0.05) is 0 Å². The Hall–Kier alpha value is -1.81. The van der Waals surface area contributed by atoms with E-state index in [4.69, 9.17) is 0 Å². The summed E-state index contributed by atoms with van der Waals surface area (Å²) in [5.74, 6) is 0. The summed E-state index contributed by atoms with van der Waals surface area (Å²) in [5.41, 5.74) is 1.53. The summed E-state index contributed by atoms with van der Waals surface area (Å²) in [7, 11) is -3.38. The highest BCUT2D eigenvalue weighted by Gasteiger charge is 2.34. The normalized spacial score (nSPS) is 16.8. The lowest BCUT2D eigenvalue weighted by Crippen LogP contribution is -2.23. The quantitative estimate of drug-likeness (QED) is 0.771. The molecule has 1 aliphatic heterocycles. The van der Waals surface area contributed by atoms with Gasteiger partial charge in [0.1, 0.15) is 0 Å². The number of nitrogens with zero attached hydrogens (tertiary/aromatic N) is 1. The van der Waals surface area contributed by atoms with Gasteiger partial charge in [-0.25, -0.2) is 8.42 Å². The summed E-state index contributed by atoms with van der Waals surface area (Å²) in [5, 5.41) is 0. The Labute approximate surface area is 100 Å². The zero-order valence-corrected chi connectivity index (χ0v) is 9.81. The maximum absolute atomic E-state index is 12.3. The molecule has 0 bridgehead atoms. The Morgan fingerprint density at radius 2 is 1.76 bits per heavy atom. The number of sulfonamides is 1. The van der Waals surface area contributed by atoms with Crippen LogP contribution in [-0.2, 0) is 16.6 Å². The summed E-state index contributed by atoms with van der Waals surface area (Å²) in [4.78, 5) is 0.410. The molecule has 3 rings (SSSR count). The molecule has 0 fully saturated rings. The molecule has 0 atom stereocenters. The third-order valence-corrected chi connectivity index (χ3v) is 4.72. The second-order valence-corrected chi connectivity index (χ2v) is 5.71. The van der Waals surface area contributed by atoms with Crippen LogP contribution >= 0.6 is 0 Å². The molecule has 0 N–H and O–H groups in total. The Balaban J connectivity index is 2.15. The topological polar surface area (TPSA) is 37.4 Å². The molecular weight excluding hydrogens is 234 g/mol. The summed E-state index contributed by atoms with van der Waals surface area (Å²) in [6, 6.07) is 16.9. The minimum Gasteiger partial charge on any atom is -0.262 e. The van der Waals surface area contributed by atoms with Gasteiger partial charge in [0.25, 0.3) is 10.0 Å². The first-order valence-corrected chi connectivity index (χ1v) is 6.70. The first kappa shape index (κ1) is 10.4. The van der Waals surface area contributed by atoms with Gasteiger partial charge in [-0.1, -0.05) is 30.3 Å². The average molecular weight is 244 g/mol. The van der Waals surface area contributed by atoms with Crippen molar-refractivity contribution in [1.82, 2.24) is 0 Å². The zero-order valence-electron chi connectivity index (χ0n) is 9.00. The van der Waals surface area contributed by atoms with E-state index >= 15 is 0 Å². The van der Waals surface area contributed by atoms with Gasteiger partial charge in [0.2, 0.25) is 0 Å². The fourth-order valence-electron chi connectivity index (χ4n) is 2.02. The van der Waals surface area contributed by atoms with Crippen LogP contribution in [0.1, 0.15) is 5.56 Å². The molecule has 0 aliphatic carbocycles. The molecule has 4 heteroatoms. The lowest BCUT2D eigenvalue weighted by atomic mass is 10.2. The predicted octanol–water partition coefficient (Wildman–Crippen LogP) is 2.20. The molecule has 85 valence electrons. The molecule has 3 nitrogen and oxygen atoms in total. The lowest BCUT2D eigenvalue weighted by molar-refractivity contribution is 0.596. The maximum Gasteiger partial charge on any atom is 0.264 e. The second kappa shape index (κ2) is 3.60. The Morgan fingerprint density at radius 1 is 1.06 bits per heavy atom. The van der Waals surface area contributed by atoms with Crippen LogP contribution in [0.25, 0.3) is 0 Å². The molecule has 17 heavy (non-hydrogen) atoms. The predicted molar refractivity (Wildman–Crippen MR) is 65.1 cm³/mol. The minimum atomic E-state index is -3.38. The zero-order chi connectivity index (χ0) is 11.9. The first-order chi connectivity index (χ1) is 8.19. The number of hydrogen-bond acceptors (Lipinski definition) is 2. The standard InChI is InChI=1S/C13H10NO2S/c15-17(16)13-9-5-4-6-11(13)10-14(17)12-7-2-1-3-8-12/h2-9H,10H2. The van der Waals surface area contributed by atoms with E-state index in [-0.39, 0.29) is 0 Å². The van der Waals surface area contributed by atoms with Gasteiger partial charge in [0.05, 0.1) is 17.1 Å². The van der Waals surface area contributed by atoms with Crippen LogP contribution in [0, 0.1) is 6.07 Å². The summed E-state index contributed by atoms with van der Waals surface area (Å²) >= 11 is 0. The molecule has 0 spiro atoms. The van der Waals surface area contributed by atoms with E-state index in [0.29, 0.717) is 17.1 Å².